The Bertz CT molecular complexity index is 154. The Labute approximate surface area is 82.0 Å². The standard InChI is InChI=1S/C11H22N2/c1-4-10(2)13-7-5-6-11(9-13)8-12-3/h4,10-12H,1,5-9H2,2-3H3. The fourth-order valence-electron chi connectivity index (χ4n) is 2.07. The highest BCUT2D eigenvalue weighted by atomic mass is 15.2. The van der Waals surface area contributed by atoms with Crippen LogP contribution in [0.5, 0.6) is 0 Å². The van der Waals surface area contributed by atoms with Crippen LogP contribution in [0.1, 0.15) is 19.8 Å². The number of likely N-dealkylation sites (tertiary alicyclic amines) is 1. The molecule has 76 valence electrons. The summed E-state index contributed by atoms with van der Waals surface area (Å²) in [5.74, 6) is 0.834. The Hall–Kier alpha value is -0.340. The molecule has 0 spiro atoms. The summed E-state index contributed by atoms with van der Waals surface area (Å²) in [4.78, 5) is 2.53. The van der Waals surface area contributed by atoms with Gasteiger partial charge in [-0.25, -0.2) is 0 Å². The molecule has 1 saturated heterocycles. The molecule has 1 fully saturated rings. The van der Waals surface area contributed by atoms with Gasteiger partial charge in [0, 0.05) is 12.6 Å². The summed E-state index contributed by atoms with van der Waals surface area (Å²) in [6.45, 7) is 9.71. The van der Waals surface area contributed by atoms with E-state index in [1.807, 2.05) is 13.1 Å². The molecule has 1 N–H and O–H groups in total. The van der Waals surface area contributed by atoms with Gasteiger partial charge in [0.15, 0.2) is 0 Å². The Balaban J connectivity index is 2.36. The van der Waals surface area contributed by atoms with Crippen LogP contribution in [-0.2, 0) is 0 Å². The fourth-order valence-corrected chi connectivity index (χ4v) is 2.07. The molecule has 1 aliphatic heterocycles. The first-order valence-electron chi connectivity index (χ1n) is 5.29. The zero-order valence-electron chi connectivity index (χ0n) is 8.92. The van der Waals surface area contributed by atoms with Crippen LogP contribution in [0.3, 0.4) is 0 Å². The van der Waals surface area contributed by atoms with E-state index in [9.17, 15) is 0 Å². The Kier molecular flexibility index (Phi) is 4.46. The number of nitrogens with one attached hydrogen (secondary N) is 1. The molecule has 0 aromatic heterocycles. The topological polar surface area (TPSA) is 15.3 Å². The number of hydrogen-bond donors (Lipinski definition) is 1. The molecule has 0 aromatic rings. The molecule has 1 rings (SSSR count). The second kappa shape index (κ2) is 5.40. The Morgan fingerprint density at radius 3 is 3.08 bits per heavy atom. The van der Waals surface area contributed by atoms with E-state index in [0.29, 0.717) is 6.04 Å². The van der Waals surface area contributed by atoms with Crippen LogP contribution in [-0.4, -0.2) is 37.6 Å². The number of rotatable bonds is 4. The van der Waals surface area contributed by atoms with Crippen molar-refractivity contribution in [1.29, 1.82) is 0 Å². The highest BCUT2D eigenvalue weighted by Gasteiger charge is 2.21. The molecule has 0 radical (unpaired) electrons. The predicted octanol–water partition coefficient (Wildman–Crippen LogP) is 1.49. The smallest absolute Gasteiger partial charge is 0.0247 e. The van der Waals surface area contributed by atoms with Crippen molar-refractivity contribution in [3.05, 3.63) is 12.7 Å². The van der Waals surface area contributed by atoms with E-state index in [-0.39, 0.29) is 0 Å². The van der Waals surface area contributed by atoms with Gasteiger partial charge >= 0.3 is 0 Å². The number of hydrogen-bond acceptors (Lipinski definition) is 2. The molecule has 0 bridgehead atoms. The summed E-state index contributed by atoms with van der Waals surface area (Å²) < 4.78 is 0. The van der Waals surface area contributed by atoms with Crippen molar-refractivity contribution in [2.24, 2.45) is 5.92 Å². The van der Waals surface area contributed by atoms with Gasteiger partial charge in [0.05, 0.1) is 0 Å². The molecule has 0 aromatic carbocycles. The molecule has 2 atom stereocenters. The monoisotopic (exact) mass is 182 g/mol. The van der Waals surface area contributed by atoms with Gasteiger partial charge in [-0.15, -0.1) is 6.58 Å². The minimum absolute atomic E-state index is 0.541. The highest BCUT2D eigenvalue weighted by Crippen LogP contribution is 2.17. The molecule has 2 nitrogen and oxygen atoms in total. The van der Waals surface area contributed by atoms with E-state index in [4.69, 9.17) is 0 Å². The van der Waals surface area contributed by atoms with E-state index < -0.39 is 0 Å². The number of piperidine rings is 1. The van der Waals surface area contributed by atoms with Gasteiger partial charge in [0.25, 0.3) is 0 Å². The maximum Gasteiger partial charge on any atom is 0.0247 e. The van der Waals surface area contributed by atoms with Gasteiger partial charge in [0.2, 0.25) is 0 Å². The van der Waals surface area contributed by atoms with E-state index >= 15 is 0 Å². The Morgan fingerprint density at radius 2 is 2.46 bits per heavy atom. The first kappa shape index (κ1) is 10.7. The quantitative estimate of drug-likeness (QED) is 0.663. The summed E-state index contributed by atoms with van der Waals surface area (Å²) >= 11 is 0. The summed E-state index contributed by atoms with van der Waals surface area (Å²) in [5.41, 5.74) is 0. The lowest BCUT2D eigenvalue weighted by molar-refractivity contribution is 0.152. The third kappa shape index (κ3) is 3.12. The second-order valence-corrected chi connectivity index (χ2v) is 4.04. The van der Waals surface area contributed by atoms with Crippen LogP contribution in [0.25, 0.3) is 0 Å². The summed E-state index contributed by atoms with van der Waals surface area (Å²) in [5, 5.41) is 3.26. The van der Waals surface area contributed by atoms with Gasteiger partial charge in [-0.05, 0) is 45.8 Å². The second-order valence-electron chi connectivity index (χ2n) is 4.04. The summed E-state index contributed by atoms with van der Waals surface area (Å²) in [6, 6.07) is 0.541. The Morgan fingerprint density at radius 1 is 1.69 bits per heavy atom. The molecule has 0 saturated carbocycles. The van der Waals surface area contributed by atoms with Crippen molar-refractivity contribution in [2.45, 2.75) is 25.8 Å². The van der Waals surface area contributed by atoms with Crippen molar-refractivity contribution in [3.8, 4) is 0 Å². The molecule has 2 heteroatoms. The highest BCUT2D eigenvalue weighted by molar-refractivity contribution is 4.87. The average Bonchev–Trinajstić information content (AvgIpc) is 2.18. The predicted molar refractivity (Wildman–Crippen MR) is 57.9 cm³/mol. The minimum atomic E-state index is 0.541. The van der Waals surface area contributed by atoms with Gasteiger partial charge in [-0.1, -0.05) is 6.08 Å². The van der Waals surface area contributed by atoms with Gasteiger partial charge in [-0.3, -0.25) is 4.90 Å². The first-order valence-corrected chi connectivity index (χ1v) is 5.29. The zero-order valence-corrected chi connectivity index (χ0v) is 8.92. The lowest BCUT2D eigenvalue weighted by atomic mass is 9.97. The summed E-state index contributed by atoms with van der Waals surface area (Å²) in [6.07, 6.45) is 4.76. The van der Waals surface area contributed by atoms with Crippen LogP contribution in [0.2, 0.25) is 0 Å². The van der Waals surface area contributed by atoms with Gasteiger partial charge < -0.3 is 5.32 Å². The maximum atomic E-state index is 3.85. The van der Waals surface area contributed by atoms with E-state index in [1.54, 1.807) is 0 Å². The van der Waals surface area contributed by atoms with E-state index in [1.165, 1.54) is 25.9 Å². The van der Waals surface area contributed by atoms with Crippen molar-refractivity contribution in [2.75, 3.05) is 26.7 Å². The largest absolute Gasteiger partial charge is 0.319 e. The lowest BCUT2D eigenvalue weighted by Crippen LogP contribution is -2.42. The SMILES string of the molecule is C=CC(C)N1CCCC(CNC)C1. The van der Waals surface area contributed by atoms with Crippen molar-refractivity contribution in [1.82, 2.24) is 10.2 Å². The third-order valence-electron chi connectivity index (χ3n) is 2.96. The van der Waals surface area contributed by atoms with Crippen molar-refractivity contribution in [3.63, 3.8) is 0 Å². The fraction of sp³-hybridized carbons (Fsp3) is 0.818. The minimum Gasteiger partial charge on any atom is -0.319 e. The molecule has 2 unspecified atom stereocenters. The lowest BCUT2D eigenvalue weighted by Gasteiger charge is -2.35. The molecule has 0 aliphatic carbocycles. The van der Waals surface area contributed by atoms with E-state index in [2.05, 4.69) is 23.7 Å². The van der Waals surface area contributed by atoms with Gasteiger partial charge in [0.1, 0.15) is 0 Å². The van der Waals surface area contributed by atoms with Crippen LogP contribution in [0.15, 0.2) is 12.7 Å². The van der Waals surface area contributed by atoms with Crippen LogP contribution >= 0.6 is 0 Å². The molecule has 1 heterocycles. The van der Waals surface area contributed by atoms with Crippen molar-refractivity contribution >= 4 is 0 Å². The molecular formula is C11H22N2. The van der Waals surface area contributed by atoms with E-state index in [0.717, 1.165) is 12.5 Å². The van der Waals surface area contributed by atoms with Crippen molar-refractivity contribution < 1.29 is 0 Å². The normalized spacial score (nSPS) is 27.1. The molecule has 13 heavy (non-hydrogen) atoms. The van der Waals surface area contributed by atoms with Crippen LogP contribution in [0, 0.1) is 5.92 Å². The first-order chi connectivity index (χ1) is 6.27. The number of nitrogens with zero attached hydrogens (tertiary/aromatic N) is 1. The average molecular weight is 182 g/mol. The van der Waals surface area contributed by atoms with Crippen LogP contribution in [0.4, 0.5) is 0 Å². The zero-order chi connectivity index (χ0) is 9.68. The summed E-state index contributed by atoms with van der Waals surface area (Å²) in [7, 11) is 2.04. The molecule has 1 aliphatic rings. The van der Waals surface area contributed by atoms with Crippen LogP contribution < -0.4 is 5.32 Å². The maximum absolute atomic E-state index is 3.85. The molecule has 0 amide bonds. The third-order valence-corrected chi connectivity index (χ3v) is 2.96. The molecular weight excluding hydrogens is 160 g/mol. The van der Waals surface area contributed by atoms with Gasteiger partial charge in [-0.2, -0.15) is 0 Å².